The van der Waals surface area contributed by atoms with Crippen LogP contribution in [0.4, 0.5) is 0 Å². The van der Waals surface area contributed by atoms with Gasteiger partial charge in [-0.05, 0) is 58.8 Å². The number of nitrogens with zero attached hydrogens (tertiary/aromatic N) is 2. The summed E-state index contributed by atoms with van der Waals surface area (Å²) in [5, 5.41) is 4.95. The molecular weight excluding hydrogens is 572 g/mol. The molecule has 1 rings (SSSR count). The molecule has 1 heterocycles. The zero-order chi connectivity index (χ0) is 33.1. The lowest BCUT2D eigenvalue weighted by molar-refractivity contribution is -0.155. The van der Waals surface area contributed by atoms with Crippen LogP contribution in [0.3, 0.4) is 0 Å². The summed E-state index contributed by atoms with van der Waals surface area (Å²) in [5.74, 6) is -2.55. The Morgan fingerprint density at radius 1 is 0.800 bits per heavy atom. The van der Waals surface area contributed by atoms with Crippen LogP contribution in [0.15, 0.2) is 85.3 Å². The minimum atomic E-state index is -1.28. The number of rotatable bonds is 21. The number of amides is 2. The van der Waals surface area contributed by atoms with Gasteiger partial charge in [0.15, 0.2) is 6.04 Å². The van der Waals surface area contributed by atoms with Gasteiger partial charge in [-0.2, -0.15) is 0 Å². The molecule has 0 aliphatic rings. The molecule has 0 spiro atoms. The molecule has 0 radical (unpaired) electrons. The summed E-state index contributed by atoms with van der Waals surface area (Å²) < 4.78 is 9.98. The topological polar surface area (TPSA) is 137 Å². The lowest BCUT2D eigenvalue weighted by Gasteiger charge is -2.23. The van der Waals surface area contributed by atoms with Crippen molar-refractivity contribution in [1.82, 2.24) is 20.6 Å². The molecule has 1 aromatic rings. The first-order valence-electron chi connectivity index (χ1n) is 15.3. The van der Waals surface area contributed by atoms with E-state index in [9.17, 15) is 19.2 Å². The number of hydrogen-bond acceptors (Lipinski definition) is 8. The van der Waals surface area contributed by atoms with Crippen LogP contribution in [0.25, 0.3) is 0 Å². The molecule has 2 unspecified atom stereocenters. The summed E-state index contributed by atoms with van der Waals surface area (Å²) in [7, 11) is 1.15. The van der Waals surface area contributed by atoms with Crippen LogP contribution < -0.4 is 10.6 Å². The maximum Gasteiger partial charge on any atom is 0.332 e. The molecule has 0 aliphatic carbocycles. The van der Waals surface area contributed by atoms with E-state index in [2.05, 4.69) is 88.3 Å². The van der Waals surface area contributed by atoms with Gasteiger partial charge in [-0.3, -0.25) is 19.4 Å². The van der Waals surface area contributed by atoms with Crippen molar-refractivity contribution in [2.45, 2.75) is 84.3 Å². The molecule has 2 amide bonds. The van der Waals surface area contributed by atoms with Gasteiger partial charge in [0.05, 0.1) is 19.0 Å². The van der Waals surface area contributed by atoms with E-state index in [1.807, 2.05) is 12.2 Å². The third-order valence-electron chi connectivity index (χ3n) is 6.11. The molecule has 0 aromatic carbocycles. The summed E-state index contributed by atoms with van der Waals surface area (Å²) in [6, 6.07) is -1.28. The molecule has 0 aliphatic heterocycles. The minimum absolute atomic E-state index is 0.00722. The molecule has 0 bridgehead atoms. The SMILES string of the molecule is CCC=CCC=CCC=CCC=CCC=CCC=CCCC(=O)NCC(=O)OC(C)C(NC(=O)c1cnc(C)cn1)C(=O)OC. The van der Waals surface area contributed by atoms with Crippen LogP contribution in [0, 0.1) is 6.92 Å². The maximum atomic E-state index is 12.5. The van der Waals surface area contributed by atoms with Gasteiger partial charge >= 0.3 is 11.9 Å². The standard InChI is InChI=1S/C35H48N4O6/c1-5-6-7-8-9-10-11-12-13-14-15-16-17-18-19-20-21-22-23-24-31(40)38-27-32(41)45-29(3)33(35(43)44-4)39-34(42)30-26-36-28(2)25-37-30/h6-7,9-10,12-13,15-16,18-19,21-22,25-26,29,33H,5,8,11,14,17,20,23-24,27H2,1-4H3,(H,38,40)(H,39,42). The smallest absolute Gasteiger partial charge is 0.332 e. The zero-order valence-corrected chi connectivity index (χ0v) is 26.9. The van der Waals surface area contributed by atoms with Gasteiger partial charge in [0.25, 0.3) is 5.91 Å². The van der Waals surface area contributed by atoms with E-state index >= 15 is 0 Å². The summed E-state index contributed by atoms with van der Waals surface area (Å²) in [5.41, 5.74) is 0.616. The van der Waals surface area contributed by atoms with Crippen molar-refractivity contribution in [2.24, 2.45) is 0 Å². The van der Waals surface area contributed by atoms with Gasteiger partial charge in [-0.25, -0.2) is 9.78 Å². The van der Waals surface area contributed by atoms with Crippen LogP contribution in [-0.4, -0.2) is 59.5 Å². The fourth-order valence-electron chi connectivity index (χ4n) is 3.65. The van der Waals surface area contributed by atoms with Crippen molar-refractivity contribution in [2.75, 3.05) is 13.7 Å². The maximum absolute atomic E-state index is 12.5. The Kier molecular flexibility index (Phi) is 21.2. The van der Waals surface area contributed by atoms with Crippen LogP contribution >= 0.6 is 0 Å². The van der Waals surface area contributed by atoms with E-state index in [1.54, 1.807) is 6.92 Å². The largest absolute Gasteiger partial charge is 0.467 e. The molecule has 1 aromatic heterocycles. The Labute approximate surface area is 267 Å². The third kappa shape index (κ3) is 19.3. The third-order valence-corrected chi connectivity index (χ3v) is 6.11. The van der Waals surface area contributed by atoms with Crippen molar-refractivity contribution >= 4 is 23.8 Å². The molecule has 244 valence electrons. The lowest BCUT2D eigenvalue weighted by atomic mass is 10.1. The van der Waals surface area contributed by atoms with Crippen LogP contribution in [0.5, 0.6) is 0 Å². The highest BCUT2D eigenvalue weighted by atomic mass is 16.6. The quantitative estimate of drug-likeness (QED) is 0.134. The van der Waals surface area contributed by atoms with E-state index in [0.29, 0.717) is 12.1 Å². The molecule has 0 fully saturated rings. The van der Waals surface area contributed by atoms with Crippen LogP contribution in [0.1, 0.15) is 81.4 Å². The second-order valence-corrected chi connectivity index (χ2v) is 9.94. The van der Waals surface area contributed by atoms with Crippen molar-refractivity contribution in [1.29, 1.82) is 0 Å². The Morgan fingerprint density at radius 3 is 1.82 bits per heavy atom. The summed E-state index contributed by atoms with van der Waals surface area (Å²) in [4.78, 5) is 57.0. The van der Waals surface area contributed by atoms with Crippen LogP contribution in [-0.2, 0) is 23.9 Å². The van der Waals surface area contributed by atoms with E-state index < -0.39 is 30.0 Å². The fraction of sp³-hybridized carbons (Fsp3) is 0.429. The molecule has 10 nitrogen and oxygen atoms in total. The number of aromatic nitrogens is 2. The monoisotopic (exact) mass is 620 g/mol. The summed E-state index contributed by atoms with van der Waals surface area (Å²) in [6.07, 6.45) is 33.4. The molecule has 45 heavy (non-hydrogen) atoms. The highest BCUT2D eigenvalue weighted by molar-refractivity contribution is 5.95. The summed E-state index contributed by atoms with van der Waals surface area (Å²) in [6.45, 7) is 4.91. The number of aryl methyl sites for hydroxylation is 1. The van der Waals surface area contributed by atoms with Crippen molar-refractivity contribution in [3.8, 4) is 0 Å². The Balaban J connectivity index is 2.24. The van der Waals surface area contributed by atoms with Gasteiger partial charge < -0.3 is 20.1 Å². The van der Waals surface area contributed by atoms with Crippen molar-refractivity contribution in [3.63, 3.8) is 0 Å². The lowest BCUT2D eigenvalue weighted by Crippen LogP contribution is -2.50. The number of allylic oxidation sites excluding steroid dienone is 12. The number of hydrogen-bond donors (Lipinski definition) is 2. The number of esters is 2. The number of methoxy groups -OCH3 is 1. The second-order valence-electron chi connectivity index (χ2n) is 9.94. The highest BCUT2D eigenvalue weighted by Gasteiger charge is 2.31. The predicted molar refractivity (Wildman–Crippen MR) is 176 cm³/mol. The van der Waals surface area contributed by atoms with E-state index in [-0.39, 0.29) is 24.6 Å². The Bertz CT molecular complexity index is 1210. The van der Waals surface area contributed by atoms with E-state index in [1.165, 1.54) is 19.3 Å². The average molecular weight is 621 g/mol. The second kappa shape index (κ2) is 24.8. The Hall–Kier alpha value is -4.60. The van der Waals surface area contributed by atoms with Gasteiger partial charge in [0.2, 0.25) is 5.91 Å². The summed E-state index contributed by atoms with van der Waals surface area (Å²) >= 11 is 0. The van der Waals surface area contributed by atoms with Gasteiger partial charge in [0, 0.05) is 12.6 Å². The van der Waals surface area contributed by atoms with Gasteiger partial charge in [-0.1, -0.05) is 79.8 Å². The number of carbonyl (C=O) groups is 4. The van der Waals surface area contributed by atoms with E-state index in [4.69, 9.17) is 9.47 Å². The molecule has 2 N–H and O–H groups in total. The van der Waals surface area contributed by atoms with Crippen LogP contribution in [0.2, 0.25) is 0 Å². The van der Waals surface area contributed by atoms with Crippen molar-refractivity contribution < 1.29 is 28.7 Å². The molecular formula is C35H48N4O6. The molecule has 10 heteroatoms. The minimum Gasteiger partial charge on any atom is -0.467 e. The van der Waals surface area contributed by atoms with Gasteiger partial charge in [-0.15, -0.1) is 0 Å². The highest BCUT2D eigenvalue weighted by Crippen LogP contribution is 2.05. The molecule has 0 saturated heterocycles. The first-order valence-corrected chi connectivity index (χ1v) is 15.3. The molecule has 2 atom stereocenters. The Morgan fingerprint density at radius 2 is 1.33 bits per heavy atom. The average Bonchev–Trinajstić information content (AvgIpc) is 3.03. The van der Waals surface area contributed by atoms with Crippen molar-refractivity contribution in [3.05, 3.63) is 96.7 Å². The normalized spacial score (nSPS) is 13.3. The predicted octanol–water partition coefficient (Wildman–Crippen LogP) is 5.58. The fourth-order valence-corrected chi connectivity index (χ4v) is 3.65. The van der Waals surface area contributed by atoms with E-state index in [0.717, 1.165) is 45.6 Å². The number of carbonyl (C=O) groups excluding carboxylic acids is 4. The zero-order valence-electron chi connectivity index (χ0n) is 26.9. The molecule has 0 saturated carbocycles. The van der Waals surface area contributed by atoms with Gasteiger partial charge in [0.1, 0.15) is 18.3 Å². The number of nitrogens with one attached hydrogen (secondary N) is 2. The number of ether oxygens (including phenoxy) is 2. The first-order chi connectivity index (χ1) is 21.8. The first kappa shape index (κ1) is 38.4.